The van der Waals surface area contributed by atoms with Crippen LogP contribution in [-0.2, 0) is 13.1 Å². The highest BCUT2D eigenvalue weighted by molar-refractivity contribution is 8.76. The molecule has 0 aliphatic rings. The van der Waals surface area contributed by atoms with E-state index < -0.39 is 0 Å². The monoisotopic (exact) mass is 310 g/mol. The molecule has 2 rings (SSSR count). The first-order chi connectivity index (χ1) is 9.56. The van der Waals surface area contributed by atoms with Crippen molar-refractivity contribution in [2.24, 2.45) is 11.8 Å². The first-order valence-electron chi connectivity index (χ1n) is 6.93. The molecule has 0 bridgehead atoms. The van der Waals surface area contributed by atoms with Crippen molar-refractivity contribution in [2.45, 2.75) is 51.1 Å². The van der Waals surface area contributed by atoms with Crippen LogP contribution < -0.4 is 0 Å². The van der Waals surface area contributed by atoms with E-state index in [2.05, 4.69) is 46.8 Å². The molecule has 0 atom stereocenters. The Morgan fingerprint density at radius 1 is 0.850 bits per heavy atom. The van der Waals surface area contributed by atoms with Crippen molar-refractivity contribution in [3.05, 3.63) is 24.8 Å². The fraction of sp³-hybridized carbons (Fsp3) is 0.571. The summed E-state index contributed by atoms with van der Waals surface area (Å²) in [5, 5.41) is 2.09. The van der Waals surface area contributed by atoms with Gasteiger partial charge in [-0.15, -0.1) is 0 Å². The van der Waals surface area contributed by atoms with Crippen LogP contribution >= 0.6 is 21.6 Å². The van der Waals surface area contributed by atoms with Crippen molar-refractivity contribution >= 4 is 21.6 Å². The Morgan fingerprint density at radius 2 is 1.25 bits per heavy atom. The smallest absolute Gasteiger partial charge is 0.179 e. The fourth-order valence-electron chi connectivity index (χ4n) is 1.91. The molecule has 0 saturated carbocycles. The minimum atomic E-state index is 0.622. The normalized spacial score (nSPS) is 11.7. The van der Waals surface area contributed by atoms with Crippen molar-refractivity contribution in [3.8, 4) is 0 Å². The minimum Gasteiger partial charge on any atom is -0.325 e. The summed E-state index contributed by atoms with van der Waals surface area (Å²) in [6.45, 7) is 10.9. The van der Waals surface area contributed by atoms with E-state index in [1.807, 2.05) is 24.8 Å². The van der Waals surface area contributed by atoms with Gasteiger partial charge in [0.05, 0.1) is 0 Å². The molecule has 20 heavy (non-hydrogen) atoms. The number of rotatable bonds is 7. The van der Waals surface area contributed by atoms with E-state index in [4.69, 9.17) is 0 Å². The predicted molar refractivity (Wildman–Crippen MR) is 85.8 cm³/mol. The summed E-state index contributed by atoms with van der Waals surface area (Å²) in [4.78, 5) is 8.85. The first kappa shape index (κ1) is 15.5. The lowest BCUT2D eigenvalue weighted by atomic mass is 10.2. The van der Waals surface area contributed by atoms with Crippen LogP contribution in [0.15, 0.2) is 35.1 Å². The Morgan fingerprint density at radius 3 is 1.60 bits per heavy atom. The van der Waals surface area contributed by atoms with Gasteiger partial charge in [-0.3, -0.25) is 0 Å². The largest absolute Gasteiger partial charge is 0.325 e. The van der Waals surface area contributed by atoms with Gasteiger partial charge in [0.15, 0.2) is 10.3 Å². The molecule has 2 heterocycles. The quantitative estimate of drug-likeness (QED) is 0.718. The Kier molecular flexibility index (Phi) is 5.60. The van der Waals surface area contributed by atoms with Crippen LogP contribution in [-0.4, -0.2) is 19.1 Å². The predicted octanol–water partition coefficient (Wildman–Crippen LogP) is 4.19. The van der Waals surface area contributed by atoms with Crippen LogP contribution in [0.4, 0.5) is 0 Å². The summed E-state index contributed by atoms with van der Waals surface area (Å²) in [5.74, 6) is 1.24. The van der Waals surface area contributed by atoms with Crippen LogP contribution in [0.3, 0.4) is 0 Å². The summed E-state index contributed by atoms with van der Waals surface area (Å²) >= 11 is 0. The van der Waals surface area contributed by atoms with Crippen molar-refractivity contribution in [1.29, 1.82) is 0 Å². The maximum Gasteiger partial charge on any atom is 0.179 e. The maximum absolute atomic E-state index is 4.43. The molecule has 110 valence electrons. The van der Waals surface area contributed by atoms with Gasteiger partial charge in [-0.05, 0) is 33.4 Å². The number of hydrogen-bond donors (Lipinski definition) is 0. The lowest BCUT2D eigenvalue weighted by Gasteiger charge is -2.11. The molecule has 0 aliphatic carbocycles. The summed E-state index contributed by atoms with van der Waals surface area (Å²) in [6, 6.07) is 0. The Hall–Kier alpha value is -0.880. The molecule has 0 aliphatic heterocycles. The molecule has 0 spiro atoms. The Bertz CT molecular complexity index is 483. The Labute approximate surface area is 128 Å². The van der Waals surface area contributed by atoms with E-state index in [9.17, 15) is 0 Å². The second kappa shape index (κ2) is 7.22. The van der Waals surface area contributed by atoms with Gasteiger partial charge in [0.2, 0.25) is 0 Å². The minimum absolute atomic E-state index is 0.622. The molecule has 0 unspecified atom stereocenters. The topological polar surface area (TPSA) is 35.6 Å². The maximum atomic E-state index is 4.43. The van der Waals surface area contributed by atoms with E-state index in [1.165, 1.54) is 0 Å². The van der Waals surface area contributed by atoms with Crippen LogP contribution in [0.5, 0.6) is 0 Å². The van der Waals surface area contributed by atoms with Crippen LogP contribution in [0.2, 0.25) is 0 Å². The SMILES string of the molecule is CC(C)Cn1ccnc1SSc1nccn1CC(C)C. The number of hydrogen-bond acceptors (Lipinski definition) is 4. The van der Waals surface area contributed by atoms with Gasteiger partial charge in [0.1, 0.15) is 0 Å². The molecule has 0 N–H and O–H groups in total. The number of nitrogens with zero attached hydrogens (tertiary/aromatic N) is 4. The third-order valence-electron chi connectivity index (χ3n) is 2.67. The lowest BCUT2D eigenvalue weighted by molar-refractivity contribution is 0.493. The zero-order valence-corrected chi connectivity index (χ0v) is 14.1. The van der Waals surface area contributed by atoms with Gasteiger partial charge < -0.3 is 9.13 Å². The third kappa shape index (κ3) is 4.31. The first-order valence-corrected chi connectivity index (χ1v) is 9.08. The van der Waals surface area contributed by atoms with Gasteiger partial charge in [0, 0.05) is 37.9 Å². The zero-order chi connectivity index (χ0) is 14.5. The highest BCUT2D eigenvalue weighted by atomic mass is 33.1. The molecular formula is C14H22N4S2. The molecule has 0 fully saturated rings. The van der Waals surface area contributed by atoms with Gasteiger partial charge in [0.25, 0.3) is 0 Å². The van der Waals surface area contributed by atoms with Crippen LogP contribution in [0.25, 0.3) is 0 Å². The molecule has 2 aromatic heterocycles. The molecule has 0 saturated heterocycles. The molecule has 0 radical (unpaired) electrons. The second-order valence-electron chi connectivity index (χ2n) is 5.68. The lowest BCUT2D eigenvalue weighted by Crippen LogP contribution is -2.05. The average Bonchev–Trinajstić information content (AvgIpc) is 2.95. The summed E-state index contributed by atoms with van der Waals surface area (Å²) in [5.41, 5.74) is 0. The van der Waals surface area contributed by atoms with E-state index in [-0.39, 0.29) is 0 Å². The highest BCUT2D eigenvalue weighted by Crippen LogP contribution is 2.35. The van der Waals surface area contributed by atoms with E-state index in [0.29, 0.717) is 11.8 Å². The molecule has 2 aromatic rings. The average molecular weight is 310 g/mol. The van der Waals surface area contributed by atoms with Crippen LogP contribution in [0, 0.1) is 11.8 Å². The summed E-state index contributed by atoms with van der Waals surface area (Å²) in [7, 11) is 3.36. The summed E-state index contributed by atoms with van der Waals surface area (Å²) < 4.78 is 4.41. The molecular weight excluding hydrogens is 288 g/mol. The molecule has 6 heteroatoms. The van der Waals surface area contributed by atoms with Gasteiger partial charge in [-0.25, -0.2) is 9.97 Å². The molecule has 4 nitrogen and oxygen atoms in total. The third-order valence-corrected chi connectivity index (χ3v) is 4.87. The second-order valence-corrected chi connectivity index (χ2v) is 7.74. The van der Waals surface area contributed by atoms with Crippen molar-refractivity contribution in [3.63, 3.8) is 0 Å². The number of imidazole rings is 2. The van der Waals surface area contributed by atoms with Gasteiger partial charge >= 0.3 is 0 Å². The van der Waals surface area contributed by atoms with Gasteiger partial charge in [-0.2, -0.15) is 0 Å². The molecule has 0 aromatic carbocycles. The molecule has 0 amide bonds. The van der Waals surface area contributed by atoms with Crippen LogP contribution in [0.1, 0.15) is 27.7 Å². The van der Waals surface area contributed by atoms with Crippen molar-refractivity contribution < 1.29 is 0 Å². The van der Waals surface area contributed by atoms with Gasteiger partial charge in [-0.1, -0.05) is 27.7 Å². The standard InChI is InChI=1S/C14H22N4S2/c1-11(2)9-17-7-5-15-13(17)19-20-14-16-6-8-18(14)10-12(3)4/h5-8,11-12H,9-10H2,1-4H3. The fourth-order valence-corrected chi connectivity index (χ4v) is 4.01. The number of aromatic nitrogens is 4. The zero-order valence-electron chi connectivity index (χ0n) is 12.5. The van der Waals surface area contributed by atoms with Crippen molar-refractivity contribution in [1.82, 2.24) is 19.1 Å². The van der Waals surface area contributed by atoms with E-state index >= 15 is 0 Å². The van der Waals surface area contributed by atoms with E-state index in [1.54, 1.807) is 21.6 Å². The Balaban J connectivity index is 1.99. The summed E-state index contributed by atoms with van der Waals surface area (Å²) in [6.07, 6.45) is 7.82. The van der Waals surface area contributed by atoms with Crippen molar-refractivity contribution in [2.75, 3.05) is 0 Å². The van der Waals surface area contributed by atoms with E-state index in [0.717, 1.165) is 23.4 Å². The highest BCUT2D eigenvalue weighted by Gasteiger charge is 2.10.